The lowest BCUT2D eigenvalue weighted by Crippen LogP contribution is -2.58. The van der Waals surface area contributed by atoms with Crippen LogP contribution < -0.4 is 5.73 Å². The second-order valence-corrected chi connectivity index (χ2v) is 8.20. The summed E-state index contributed by atoms with van der Waals surface area (Å²) >= 11 is 0. The molecule has 0 bridgehead atoms. The quantitative estimate of drug-likeness (QED) is 0.494. The molecule has 0 radical (unpaired) electrons. The molecule has 29 heavy (non-hydrogen) atoms. The largest absolute Gasteiger partial charge is 0.323 e. The zero-order valence-corrected chi connectivity index (χ0v) is 16.6. The molecule has 1 atom stereocenters. The number of hydrogen-bond donors (Lipinski definition) is 1. The van der Waals surface area contributed by atoms with Crippen molar-refractivity contribution in [1.29, 1.82) is 0 Å². The van der Waals surface area contributed by atoms with Crippen molar-refractivity contribution in [2.45, 2.75) is 44.6 Å². The molecule has 1 heterocycles. The number of piperidine rings is 1. The Hall–Kier alpha value is -1.92. The summed E-state index contributed by atoms with van der Waals surface area (Å²) < 4.78 is 56.4. The van der Waals surface area contributed by atoms with Gasteiger partial charge in [0.05, 0.1) is 32.2 Å². The van der Waals surface area contributed by atoms with E-state index in [4.69, 9.17) is 5.73 Å². The van der Waals surface area contributed by atoms with Gasteiger partial charge in [-0.1, -0.05) is 12.1 Å². The van der Waals surface area contributed by atoms with E-state index in [-0.39, 0.29) is 17.2 Å². The highest BCUT2D eigenvalue weighted by molar-refractivity contribution is 5.20. The molecule has 0 saturated carbocycles. The van der Waals surface area contributed by atoms with Gasteiger partial charge in [-0.25, -0.2) is 17.6 Å². The van der Waals surface area contributed by atoms with Crippen molar-refractivity contribution in [3.8, 4) is 0 Å². The molecular weight excluding hydrogens is 380 g/mol. The van der Waals surface area contributed by atoms with Gasteiger partial charge in [-0.15, -0.1) is 0 Å². The van der Waals surface area contributed by atoms with Crippen molar-refractivity contribution in [3.05, 3.63) is 70.8 Å². The fourth-order valence-electron chi connectivity index (χ4n) is 4.61. The number of halogens is 4. The van der Waals surface area contributed by atoms with E-state index in [0.717, 1.165) is 43.5 Å². The topological polar surface area (TPSA) is 26.0 Å². The van der Waals surface area contributed by atoms with Crippen LogP contribution in [0, 0.1) is 23.3 Å². The zero-order chi connectivity index (χ0) is 20.9. The minimum absolute atomic E-state index is 0.0825. The van der Waals surface area contributed by atoms with Gasteiger partial charge in [0.15, 0.2) is 0 Å². The van der Waals surface area contributed by atoms with Crippen molar-refractivity contribution in [2.24, 2.45) is 5.73 Å². The molecule has 2 nitrogen and oxygen atoms in total. The Kier molecular flexibility index (Phi) is 7.30. The van der Waals surface area contributed by atoms with Crippen LogP contribution in [0.5, 0.6) is 0 Å². The Morgan fingerprint density at radius 2 is 1.24 bits per heavy atom. The second kappa shape index (κ2) is 9.72. The van der Waals surface area contributed by atoms with E-state index < -0.39 is 23.3 Å². The predicted octanol–water partition coefficient (Wildman–Crippen LogP) is 4.75. The monoisotopic (exact) mass is 409 g/mol. The zero-order valence-electron chi connectivity index (χ0n) is 16.6. The maximum atomic E-state index is 13.9. The van der Waals surface area contributed by atoms with Crippen LogP contribution in [0.1, 0.15) is 36.8 Å². The Labute approximate surface area is 169 Å². The van der Waals surface area contributed by atoms with Crippen molar-refractivity contribution >= 4 is 0 Å². The van der Waals surface area contributed by atoms with Gasteiger partial charge in [-0.3, -0.25) is 0 Å². The van der Waals surface area contributed by atoms with Crippen molar-refractivity contribution in [1.82, 2.24) is 0 Å². The molecule has 0 amide bonds. The van der Waals surface area contributed by atoms with Crippen molar-refractivity contribution in [2.75, 3.05) is 26.2 Å². The lowest BCUT2D eigenvalue weighted by atomic mass is 9.99. The smallest absolute Gasteiger partial charge is 0.129 e. The minimum Gasteiger partial charge on any atom is -0.323 e. The first-order valence-corrected chi connectivity index (χ1v) is 10.4. The van der Waals surface area contributed by atoms with Crippen LogP contribution in [-0.2, 0) is 12.8 Å². The van der Waals surface area contributed by atoms with Crippen LogP contribution in [0.25, 0.3) is 0 Å². The first-order valence-electron chi connectivity index (χ1n) is 10.4. The molecule has 0 spiro atoms. The normalized spacial score (nSPS) is 18.7. The summed E-state index contributed by atoms with van der Waals surface area (Å²) in [5, 5.41) is 0. The Morgan fingerprint density at radius 3 is 1.66 bits per heavy atom. The van der Waals surface area contributed by atoms with E-state index >= 15 is 0 Å². The molecule has 0 unspecified atom stereocenters. The summed E-state index contributed by atoms with van der Waals surface area (Å²) in [7, 11) is 0. The van der Waals surface area contributed by atoms with Crippen LogP contribution in [-0.4, -0.2) is 36.7 Å². The first kappa shape index (κ1) is 21.8. The molecule has 0 aromatic heterocycles. The Balaban J connectivity index is 1.63. The molecule has 6 heteroatoms. The number of benzene rings is 2. The average Bonchev–Trinajstić information content (AvgIpc) is 2.67. The number of nitrogens with zero attached hydrogens (tertiary/aromatic N) is 1. The third kappa shape index (κ3) is 5.58. The van der Waals surface area contributed by atoms with E-state index in [1.165, 1.54) is 36.4 Å². The Bertz CT molecular complexity index is 727. The minimum atomic E-state index is -0.512. The van der Waals surface area contributed by atoms with Crippen LogP contribution in [0.4, 0.5) is 17.6 Å². The molecule has 3 rings (SSSR count). The first-order chi connectivity index (χ1) is 13.9. The van der Waals surface area contributed by atoms with Crippen LogP contribution in [0.3, 0.4) is 0 Å². The lowest BCUT2D eigenvalue weighted by Gasteiger charge is -2.44. The van der Waals surface area contributed by atoms with Gasteiger partial charge in [0.25, 0.3) is 0 Å². The highest BCUT2D eigenvalue weighted by atomic mass is 19.1. The average molecular weight is 409 g/mol. The summed E-state index contributed by atoms with van der Waals surface area (Å²) in [5.41, 5.74) is 6.47. The lowest BCUT2D eigenvalue weighted by molar-refractivity contribution is -0.933. The summed E-state index contributed by atoms with van der Waals surface area (Å²) in [6.07, 6.45) is 3.88. The van der Waals surface area contributed by atoms with Crippen LogP contribution in [0.2, 0.25) is 0 Å². The fourth-order valence-corrected chi connectivity index (χ4v) is 4.61. The summed E-state index contributed by atoms with van der Waals surface area (Å²) in [5.74, 6) is -2.05. The SMILES string of the molecule is N[C@H]1CCC[N+](CCCc2c(F)cccc2F)(CCCc2c(F)cccc2F)C1. The van der Waals surface area contributed by atoms with Gasteiger partial charge in [0.1, 0.15) is 23.3 Å². The van der Waals surface area contributed by atoms with E-state index in [1.54, 1.807) is 0 Å². The number of hydrogen-bond acceptors (Lipinski definition) is 1. The van der Waals surface area contributed by atoms with Gasteiger partial charge in [0.2, 0.25) is 0 Å². The van der Waals surface area contributed by atoms with Gasteiger partial charge >= 0.3 is 0 Å². The maximum absolute atomic E-state index is 13.9. The second-order valence-electron chi connectivity index (χ2n) is 8.20. The maximum Gasteiger partial charge on any atom is 0.129 e. The molecule has 1 aliphatic rings. The summed E-state index contributed by atoms with van der Waals surface area (Å²) in [6.45, 7) is 3.23. The van der Waals surface area contributed by atoms with Crippen LogP contribution in [0.15, 0.2) is 36.4 Å². The van der Waals surface area contributed by atoms with Crippen molar-refractivity contribution < 1.29 is 22.0 Å². The van der Waals surface area contributed by atoms with Gasteiger partial charge < -0.3 is 10.2 Å². The predicted molar refractivity (Wildman–Crippen MR) is 106 cm³/mol. The van der Waals surface area contributed by atoms with E-state index in [0.29, 0.717) is 25.7 Å². The molecule has 158 valence electrons. The molecule has 2 N–H and O–H groups in total. The number of rotatable bonds is 8. The number of nitrogens with two attached hydrogens (primary N) is 1. The van der Waals surface area contributed by atoms with E-state index in [1.807, 2.05) is 0 Å². The number of likely N-dealkylation sites (tertiary alicyclic amines) is 1. The summed E-state index contributed by atoms with van der Waals surface area (Å²) in [4.78, 5) is 0. The Morgan fingerprint density at radius 1 is 0.793 bits per heavy atom. The van der Waals surface area contributed by atoms with Gasteiger partial charge in [-0.2, -0.15) is 0 Å². The standard InChI is InChI=1S/C23H29F4N2/c24-20-9-1-10-21(25)18(20)7-4-14-29(13-3-6-17(28)16-29)15-5-8-19-22(26)11-2-12-23(19)27/h1-2,9-12,17H,3-8,13-16,28H2/q+1/t17-/m0/s1. The highest BCUT2D eigenvalue weighted by Crippen LogP contribution is 2.23. The molecule has 0 aliphatic carbocycles. The van der Waals surface area contributed by atoms with Crippen molar-refractivity contribution in [3.63, 3.8) is 0 Å². The molecular formula is C23H29F4N2+. The third-order valence-electron chi connectivity index (χ3n) is 6.07. The van der Waals surface area contributed by atoms with Gasteiger partial charge in [0, 0.05) is 24.0 Å². The molecule has 1 saturated heterocycles. The van der Waals surface area contributed by atoms with Gasteiger partial charge in [-0.05, 0) is 49.9 Å². The molecule has 1 fully saturated rings. The third-order valence-corrected chi connectivity index (χ3v) is 6.07. The van der Waals surface area contributed by atoms with Crippen LogP contribution >= 0.6 is 0 Å². The van der Waals surface area contributed by atoms with E-state index in [2.05, 4.69) is 0 Å². The molecule has 2 aromatic rings. The molecule has 2 aromatic carbocycles. The number of quaternary nitrogens is 1. The molecule has 1 aliphatic heterocycles. The van der Waals surface area contributed by atoms with E-state index in [9.17, 15) is 17.6 Å². The highest BCUT2D eigenvalue weighted by Gasteiger charge is 2.33. The summed E-state index contributed by atoms with van der Waals surface area (Å²) in [6, 6.07) is 7.94. The fraction of sp³-hybridized carbons (Fsp3) is 0.478.